The molecule has 0 spiro atoms. The molecule has 0 bridgehead atoms. The molecule has 1 aromatic heterocycles. The van der Waals surface area contributed by atoms with Crippen LogP contribution in [0.4, 0.5) is 0 Å². The highest BCUT2D eigenvalue weighted by molar-refractivity contribution is 8.93. The van der Waals surface area contributed by atoms with Gasteiger partial charge in [0.15, 0.2) is 0 Å². The largest absolute Gasteiger partial charge is 0.311 e. The molecule has 3 aromatic rings. The Kier molecular flexibility index (Phi) is 5.02. The van der Waals surface area contributed by atoms with Crippen LogP contribution in [0.25, 0.3) is 11.0 Å². The molecule has 0 aliphatic carbocycles. The van der Waals surface area contributed by atoms with Crippen molar-refractivity contribution in [1.29, 1.82) is 5.41 Å². The molecule has 0 fully saturated rings. The second-order valence-corrected chi connectivity index (χ2v) is 4.94. The smallest absolute Gasteiger partial charge is 0.202 e. The number of hydrogen-bond acceptors (Lipinski definition) is 1. The molecule has 0 aliphatic heterocycles. The highest BCUT2D eigenvalue weighted by Crippen LogP contribution is 2.13. The molecule has 1 heterocycles. The lowest BCUT2D eigenvalue weighted by molar-refractivity contribution is 0.612. The van der Waals surface area contributed by atoms with Gasteiger partial charge >= 0.3 is 0 Å². The average molecular weight is 346 g/mol. The van der Waals surface area contributed by atoms with Gasteiger partial charge in [0.1, 0.15) is 0 Å². The van der Waals surface area contributed by atoms with Gasteiger partial charge in [0.05, 0.1) is 11.0 Å². The lowest BCUT2D eigenvalue weighted by Gasteiger charge is -2.04. The molecule has 0 radical (unpaired) electrons. The minimum Gasteiger partial charge on any atom is -0.311 e. The van der Waals surface area contributed by atoms with E-state index in [9.17, 15) is 0 Å². The number of benzene rings is 2. The van der Waals surface area contributed by atoms with Gasteiger partial charge in [-0.25, -0.2) is 0 Å². The summed E-state index contributed by atoms with van der Waals surface area (Å²) in [6.07, 6.45) is 0.953. The predicted molar refractivity (Wildman–Crippen MR) is 91.9 cm³/mol. The van der Waals surface area contributed by atoms with Crippen molar-refractivity contribution in [1.82, 2.24) is 9.13 Å². The Balaban J connectivity index is 0.00000161. The molecule has 0 aliphatic rings. The van der Waals surface area contributed by atoms with E-state index in [1.807, 2.05) is 18.2 Å². The second-order valence-electron chi connectivity index (χ2n) is 4.94. The summed E-state index contributed by atoms with van der Waals surface area (Å²) in [5, 5.41) is 8.37. The molecule has 110 valence electrons. The molecule has 0 saturated carbocycles. The van der Waals surface area contributed by atoms with E-state index in [-0.39, 0.29) is 17.0 Å². The Hall–Kier alpha value is -1.81. The van der Waals surface area contributed by atoms with Crippen molar-refractivity contribution >= 4 is 28.0 Å². The third-order valence-electron chi connectivity index (χ3n) is 3.76. The van der Waals surface area contributed by atoms with Crippen LogP contribution in [0.5, 0.6) is 0 Å². The van der Waals surface area contributed by atoms with E-state index in [1.54, 1.807) is 0 Å². The number of rotatable bonds is 4. The molecule has 0 atom stereocenters. The van der Waals surface area contributed by atoms with Crippen LogP contribution in [-0.2, 0) is 19.5 Å². The van der Waals surface area contributed by atoms with Gasteiger partial charge in [-0.15, -0.1) is 17.0 Å². The Labute approximate surface area is 135 Å². The standard InChI is InChI=1S/C17H19N3.BrH/c1-2-19-15-10-6-7-11-16(15)20(17(19)18)13-12-14-8-4-3-5-9-14;/h3-11,18H,2,12-13H2,1H3;1H. The summed E-state index contributed by atoms with van der Waals surface area (Å²) in [5.74, 6) is 0. The zero-order valence-corrected chi connectivity index (χ0v) is 13.8. The fourth-order valence-corrected chi connectivity index (χ4v) is 2.73. The molecule has 2 aromatic carbocycles. The number of aromatic nitrogens is 2. The second kappa shape index (κ2) is 6.76. The van der Waals surface area contributed by atoms with E-state index < -0.39 is 0 Å². The van der Waals surface area contributed by atoms with Gasteiger partial charge < -0.3 is 9.13 Å². The predicted octanol–water partition coefficient (Wildman–Crippen LogP) is 3.76. The molecule has 0 amide bonds. The van der Waals surface area contributed by atoms with Crippen molar-refractivity contribution in [3.05, 3.63) is 65.8 Å². The zero-order valence-electron chi connectivity index (χ0n) is 12.1. The quantitative estimate of drug-likeness (QED) is 0.746. The van der Waals surface area contributed by atoms with E-state index in [2.05, 4.69) is 52.5 Å². The van der Waals surface area contributed by atoms with Crippen LogP contribution in [0.3, 0.4) is 0 Å². The summed E-state index contributed by atoms with van der Waals surface area (Å²) >= 11 is 0. The zero-order chi connectivity index (χ0) is 13.9. The van der Waals surface area contributed by atoms with Gasteiger partial charge in [0.2, 0.25) is 5.62 Å². The van der Waals surface area contributed by atoms with Crippen LogP contribution >= 0.6 is 17.0 Å². The monoisotopic (exact) mass is 345 g/mol. The van der Waals surface area contributed by atoms with Crippen LogP contribution in [0, 0.1) is 5.41 Å². The number of aryl methyl sites for hydroxylation is 3. The number of fused-ring (bicyclic) bond motifs is 1. The number of hydrogen-bond donors (Lipinski definition) is 1. The fraction of sp³-hybridized carbons (Fsp3) is 0.235. The van der Waals surface area contributed by atoms with E-state index >= 15 is 0 Å². The number of imidazole rings is 1. The highest BCUT2D eigenvalue weighted by atomic mass is 79.9. The maximum Gasteiger partial charge on any atom is 0.202 e. The summed E-state index contributed by atoms with van der Waals surface area (Å²) in [6.45, 7) is 3.76. The Morgan fingerprint density at radius 1 is 0.857 bits per heavy atom. The normalized spacial score (nSPS) is 10.5. The van der Waals surface area contributed by atoms with Crippen LogP contribution in [0.15, 0.2) is 54.6 Å². The number of para-hydroxylation sites is 2. The summed E-state index contributed by atoms with van der Waals surface area (Å²) in [6, 6.07) is 18.7. The Morgan fingerprint density at radius 2 is 1.43 bits per heavy atom. The minimum absolute atomic E-state index is 0. The SMILES string of the molecule is Br.CCn1c(=N)n(CCc2ccccc2)c2ccccc21. The van der Waals surface area contributed by atoms with E-state index in [4.69, 9.17) is 5.41 Å². The van der Waals surface area contributed by atoms with E-state index in [0.29, 0.717) is 5.62 Å². The van der Waals surface area contributed by atoms with Crippen molar-refractivity contribution in [3.8, 4) is 0 Å². The van der Waals surface area contributed by atoms with Crippen molar-refractivity contribution in [2.45, 2.75) is 26.4 Å². The summed E-state index contributed by atoms with van der Waals surface area (Å²) in [4.78, 5) is 0. The summed E-state index contributed by atoms with van der Waals surface area (Å²) < 4.78 is 4.16. The molecular formula is C17H20BrN3. The Morgan fingerprint density at radius 3 is 2.05 bits per heavy atom. The van der Waals surface area contributed by atoms with Gasteiger partial charge in [0, 0.05) is 13.1 Å². The van der Waals surface area contributed by atoms with Crippen LogP contribution in [0.1, 0.15) is 12.5 Å². The van der Waals surface area contributed by atoms with Crippen molar-refractivity contribution in [3.63, 3.8) is 0 Å². The number of nitrogens with zero attached hydrogens (tertiary/aromatic N) is 2. The van der Waals surface area contributed by atoms with Crippen LogP contribution < -0.4 is 5.62 Å². The third-order valence-corrected chi connectivity index (χ3v) is 3.76. The minimum atomic E-state index is 0. The first-order chi connectivity index (χ1) is 9.81. The number of nitrogens with one attached hydrogen (secondary N) is 1. The summed E-state index contributed by atoms with van der Waals surface area (Å²) in [7, 11) is 0. The van der Waals surface area contributed by atoms with Gasteiger partial charge in [-0.05, 0) is 31.0 Å². The number of halogens is 1. The molecule has 0 unspecified atom stereocenters. The molecule has 3 rings (SSSR count). The first-order valence-corrected chi connectivity index (χ1v) is 7.08. The lowest BCUT2D eigenvalue weighted by atomic mass is 10.1. The van der Waals surface area contributed by atoms with Crippen LogP contribution in [0.2, 0.25) is 0 Å². The van der Waals surface area contributed by atoms with Crippen molar-refractivity contribution in [2.75, 3.05) is 0 Å². The van der Waals surface area contributed by atoms with Crippen molar-refractivity contribution in [2.24, 2.45) is 0 Å². The topological polar surface area (TPSA) is 33.7 Å². The lowest BCUT2D eigenvalue weighted by Crippen LogP contribution is -2.24. The van der Waals surface area contributed by atoms with Gasteiger partial charge in [-0.2, -0.15) is 0 Å². The van der Waals surface area contributed by atoms with Gasteiger partial charge in [-0.1, -0.05) is 42.5 Å². The molecular weight excluding hydrogens is 326 g/mol. The average Bonchev–Trinajstić information content (AvgIpc) is 2.77. The first-order valence-electron chi connectivity index (χ1n) is 7.08. The molecule has 4 heteroatoms. The van der Waals surface area contributed by atoms with Gasteiger partial charge in [-0.3, -0.25) is 5.41 Å². The highest BCUT2D eigenvalue weighted by Gasteiger charge is 2.08. The van der Waals surface area contributed by atoms with Gasteiger partial charge in [0.25, 0.3) is 0 Å². The van der Waals surface area contributed by atoms with Crippen LogP contribution in [-0.4, -0.2) is 9.13 Å². The van der Waals surface area contributed by atoms with Crippen molar-refractivity contribution < 1.29 is 0 Å². The van der Waals surface area contributed by atoms with E-state index in [1.165, 1.54) is 5.56 Å². The molecule has 0 saturated heterocycles. The maximum atomic E-state index is 8.37. The fourth-order valence-electron chi connectivity index (χ4n) is 2.73. The molecule has 21 heavy (non-hydrogen) atoms. The Bertz CT molecular complexity index is 772. The maximum absolute atomic E-state index is 8.37. The first kappa shape index (κ1) is 15.6. The van der Waals surface area contributed by atoms with E-state index in [0.717, 1.165) is 30.5 Å². The molecule has 1 N–H and O–H groups in total. The third kappa shape index (κ3) is 2.95. The summed E-state index contributed by atoms with van der Waals surface area (Å²) in [5.41, 5.74) is 4.20. The molecule has 3 nitrogen and oxygen atoms in total.